The fourth-order valence-corrected chi connectivity index (χ4v) is 0.766. The van der Waals surface area contributed by atoms with E-state index in [9.17, 15) is 4.79 Å². The van der Waals surface area contributed by atoms with Crippen LogP contribution in [0.2, 0.25) is 0 Å². The molecule has 78 valence electrons. The van der Waals surface area contributed by atoms with Gasteiger partial charge in [0.15, 0.2) is 0 Å². The van der Waals surface area contributed by atoms with Crippen LogP contribution in [0.5, 0.6) is 0 Å². The lowest BCUT2D eigenvalue weighted by Gasteiger charge is -1.88. The summed E-state index contributed by atoms with van der Waals surface area (Å²) in [6.07, 6.45) is 3.06. The fraction of sp³-hybridized carbons (Fsp3) is 0.400. The molecule has 0 bridgehead atoms. The number of carbonyl (C=O) groups excluding carboxylic acids is 1. The van der Waals surface area contributed by atoms with Crippen LogP contribution in [-0.4, -0.2) is 24.0 Å². The summed E-state index contributed by atoms with van der Waals surface area (Å²) in [5.41, 5.74) is 5.44. The maximum atomic E-state index is 10.4. The van der Waals surface area contributed by atoms with Gasteiger partial charge < -0.3 is 11.1 Å². The molecular formula is C10H17N3O. The number of nitrogens with two attached hydrogens (primary N) is 1. The summed E-state index contributed by atoms with van der Waals surface area (Å²) in [5, 5.41) is 3.11. The Morgan fingerprint density at radius 1 is 1.36 bits per heavy atom. The highest BCUT2D eigenvalue weighted by Crippen LogP contribution is 1.91. The van der Waals surface area contributed by atoms with Gasteiger partial charge in [0, 0.05) is 18.0 Å². The number of pyridine rings is 1. The normalized spacial score (nSPS) is 8.71. The van der Waals surface area contributed by atoms with Crippen LogP contribution in [0.3, 0.4) is 0 Å². The molecule has 4 nitrogen and oxygen atoms in total. The summed E-state index contributed by atoms with van der Waals surface area (Å²) < 4.78 is 0. The average Bonchev–Trinajstić information content (AvgIpc) is 2.21. The third kappa shape index (κ3) is 6.14. The summed E-state index contributed by atoms with van der Waals surface area (Å²) in [6.45, 7) is 6.39. The van der Waals surface area contributed by atoms with Gasteiger partial charge in [0.05, 0.1) is 0 Å². The first-order chi connectivity index (χ1) is 6.72. The van der Waals surface area contributed by atoms with Gasteiger partial charge in [0.25, 0.3) is 0 Å². The molecule has 0 radical (unpaired) electrons. The summed E-state index contributed by atoms with van der Waals surface area (Å²) in [4.78, 5) is 14.1. The van der Waals surface area contributed by atoms with Gasteiger partial charge in [-0.2, -0.15) is 0 Å². The van der Waals surface area contributed by atoms with Crippen molar-refractivity contribution in [3.8, 4) is 0 Å². The predicted octanol–water partition coefficient (Wildman–Crippen LogP) is 0.796. The molecule has 4 heteroatoms. The highest BCUT2D eigenvalue weighted by molar-refractivity contribution is 5.92. The van der Waals surface area contributed by atoms with Crippen molar-refractivity contribution in [2.24, 2.45) is 5.73 Å². The summed E-state index contributed by atoms with van der Waals surface area (Å²) in [6, 6.07) is 3.14. The van der Waals surface area contributed by atoms with E-state index >= 15 is 0 Å². The predicted molar refractivity (Wildman–Crippen MR) is 57.0 cm³/mol. The van der Waals surface area contributed by atoms with Gasteiger partial charge in [0.1, 0.15) is 0 Å². The van der Waals surface area contributed by atoms with E-state index in [-0.39, 0.29) is 0 Å². The lowest BCUT2D eigenvalue weighted by Crippen LogP contribution is -2.10. The molecule has 1 aromatic heterocycles. The largest absolute Gasteiger partial charge is 0.366 e. The van der Waals surface area contributed by atoms with Crippen molar-refractivity contribution in [3.05, 3.63) is 30.1 Å². The van der Waals surface area contributed by atoms with Crippen LogP contribution < -0.4 is 11.1 Å². The molecule has 0 atom stereocenters. The first kappa shape index (κ1) is 12.6. The van der Waals surface area contributed by atoms with Crippen molar-refractivity contribution in [1.29, 1.82) is 0 Å². The van der Waals surface area contributed by atoms with Crippen LogP contribution in [-0.2, 0) is 0 Å². The molecule has 14 heavy (non-hydrogen) atoms. The second kappa shape index (κ2) is 8.19. The third-order valence-electron chi connectivity index (χ3n) is 1.46. The number of carbonyl (C=O) groups is 1. The topological polar surface area (TPSA) is 68.0 Å². The zero-order valence-corrected chi connectivity index (χ0v) is 8.66. The molecule has 1 rings (SSSR count). The van der Waals surface area contributed by atoms with E-state index in [4.69, 9.17) is 5.73 Å². The number of aromatic nitrogens is 1. The molecule has 0 spiro atoms. The monoisotopic (exact) mass is 195 g/mol. The number of hydrogen-bond donors (Lipinski definition) is 2. The minimum atomic E-state index is -0.419. The van der Waals surface area contributed by atoms with Crippen molar-refractivity contribution in [2.45, 2.75) is 13.8 Å². The molecule has 0 aliphatic rings. The van der Waals surface area contributed by atoms with Crippen LogP contribution in [0.4, 0.5) is 0 Å². The van der Waals surface area contributed by atoms with Gasteiger partial charge in [-0.1, -0.05) is 13.8 Å². The van der Waals surface area contributed by atoms with E-state index in [1.165, 1.54) is 12.4 Å². The van der Waals surface area contributed by atoms with Crippen molar-refractivity contribution < 1.29 is 4.79 Å². The Hall–Kier alpha value is -1.42. The molecule has 1 amide bonds. The zero-order chi connectivity index (χ0) is 10.8. The molecule has 0 aliphatic carbocycles. The number of nitrogens with zero attached hydrogens (tertiary/aromatic N) is 1. The van der Waals surface area contributed by atoms with Crippen molar-refractivity contribution in [2.75, 3.05) is 13.1 Å². The van der Waals surface area contributed by atoms with Crippen LogP contribution in [0.15, 0.2) is 24.5 Å². The second-order valence-electron chi connectivity index (χ2n) is 2.56. The molecule has 0 saturated heterocycles. The van der Waals surface area contributed by atoms with Gasteiger partial charge in [-0.25, -0.2) is 0 Å². The third-order valence-corrected chi connectivity index (χ3v) is 1.46. The molecule has 0 saturated carbocycles. The van der Waals surface area contributed by atoms with Crippen molar-refractivity contribution in [3.63, 3.8) is 0 Å². The molecule has 0 unspecified atom stereocenters. The van der Waals surface area contributed by atoms with Gasteiger partial charge in [-0.05, 0) is 25.2 Å². The Balaban J connectivity index is 0.000000292. The molecular weight excluding hydrogens is 178 g/mol. The SMILES string of the molecule is CCNCC.NC(=O)c1ccncc1. The Morgan fingerprint density at radius 3 is 2.07 bits per heavy atom. The maximum absolute atomic E-state index is 10.4. The standard InChI is InChI=1S/C6H6N2O.C4H11N/c7-6(9)5-1-3-8-4-2-5;1-3-5-4-2/h1-4H,(H2,7,9);5H,3-4H2,1-2H3. The Morgan fingerprint density at radius 2 is 1.86 bits per heavy atom. The van der Waals surface area contributed by atoms with Crippen LogP contribution in [0.1, 0.15) is 24.2 Å². The lowest BCUT2D eigenvalue weighted by atomic mass is 10.3. The van der Waals surface area contributed by atoms with E-state index in [0.29, 0.717) is 5.56 Å². The Labute approximate surface area is 84.5 Å². The first-order valence-electron chi connectivity index (χ1n) is 4.62. The molecule has 0 aliphatic heterocycles. The Bertz CT molecular complexity index is 247. The number of hydrogen-bond acceptors (Lipinski definition) is 3. The average molecular weight is 195 g/mol. The minimum Gasteiger partial charge on any atom is -0.366 e. The quantitative estimate of drug-likeness (QED) is 0.749. The van der Waals surface area contributed by atoms with Gasteiger partial charge in [-0.3, -0.25) is 9.78 Å². The summed E-state index contributed by atoms with van der Waals surface area (Å²) in [5.74, 6) is -0.419. The maximum Gasteiger partial charge on any atom is 0.248 e. The molecule has 3 N–H and O–H groups in total. The molecule has 0 fully saturated rings. The number of amides is 1. The van der Waals surface area contributed by atoms with Gasteiger partial charge >= 0.3 is 0 Å². The van der Waals surface area contributed by atoms with Gasteiger partial charge in [-0.15, -0.1) is 0 Å². The summed E-state index contributed by atoms with van der Waals surface area (Å²) in [7, 11) is 0. The highest BCUT2D eigenvalue weighted by atomic mass is 16.1. The lowest BCUT2D eigenvalue weighted by molar-refractivity contribution is 0.1000. The molecule has 1 aromatic rings. The van der Waals surface area contributed by atoms with E-state index in [0.717, 1.165) is 13.1 Å². The van der Waals surface area contributed by atoms with Crippen molar-refractivity contribution >= 4 is 5.91 Å². The Kier molecular flexibility index (Phi) is 7.36. The molecule has 1 heterocycles. The molecule has 0 aromatic carbocycles. The first-order valence-corrected chi connectivity index (χ1v) is 4.62. The van der Waals surface area contributed by atoms with Crippen LogP contribution >= 0.6 is 0 Å². The van der Waals surface area contributed by atoms with Crippen LogP contribution in [0.25, 0.3) is 0 Å². The summed E-state index contributed by atoms with van der Waals surface area (Å²) >= 11 is 0. The van der Waals surface area contributed by atoms with E-state index in [1.54, 1.807) is 12.1 Å². The fourth-order valence-electron chi connectivity index (χ4n) is 0.766. The number of primary amides is 1. The van der Waals surface area contributed by atoms with Gasteiger partial charge in [0.2, 0.25) is 5.91 Å². The van der Waals surface area contributed by atoms with E-state index in [1.807, 2.05) is 0 Å². The zero-order valence-electron chi connectivity index (χ0n) is 8.66. The van der Waals surface area contributed by atoms with Crippen molar-refractivity contribution in [1.82, 2.24) is 10.3 Å². The number of rotatable bonds is 3. The number of nitrogens with one attached hydrogen (secondary N) is 1. The minimum absolute atomic E-state index is 0.419. The van der Waals surface area contributed by atoms with E-state index in [2.05, 4.69) is 24.1 Å². The second-order valence-corrected chi connectivity index (χ2v) is 2.56. The smallest absolute Gasteiger partial charge is 0.248 e. The highest BCUT2D eigenvalue weighted by Gasteiger charge is 1.94. The van der Waals surface area contributed by atoms with Crippen LogP contribution in [0, 0.1) is 0 Å². The van der Waals surface area contributed by atoms with E-state index < -0.39 is 5.91 Å².